The number of benzene rings is 1. The molecule has 1 aromatic carbocycles. The van der Waals surface area contributed by atoms with Crippen LogP contribution in [0.25, 0.3) is 11.3 Å². The first-order valence-electron chi connectivity index (χ1n) is 9.52. The maximum Gasteiger partial charge on any atom is 0.249 e. The number of carbonyl (C=O) groups excluding carboxylic acids is 1. The van der Waals surface area contributed by atoms with Crippen LogP contribution in [0.2, 0.25) is 0 Å². The third kappa shape index (κ3) is 2.59. The Hall–Kier alpha value is -2.36. The first-order chi connectivity index (χ1) is 12.4. The predicted octanol–water partition coefficient (Wildman–Crippen LogP) is 4.10. The number of likely N-dealkylation sites (N-methyl/N-ethyl adjacent to an activating group) is 1. The highest BCUT2D eigenvalue weighted by molar-refractivity contribution is 5.94. The van der Waals surface area contributed by atoms with Gasteiger partial charge in [-0.1, -0.05) is 50.3 Å². The zero-order valence-electron chi connectivity index (χ0n) is 16.7. The Bertz CT molecular complexity index is 850. The van der Waals surface area contributed by atoms with Gasteiger partial charge in [-0.2, -0.15) is 5.10 Å². The highest BCUT2D eigenvalue weighted by atomic mass is 16.2. The SMILES string of the molecule is CC.CC1=CC2(C)c3nn(C)c(-c4ccccc4)c3CCC2N(C)C1=O. The maximum atomic E-state index is 12.4. The van der Waals surface area contributed by atoms with Crippen molar-refractivity contribution in [1.82, 2.24) is 14.7 Å². The molecule has 0 saturated carbocycles. The van der Waals surface area contributed by atoms with Crippen molar-refractivity contribution in [3.8, 4) is 11.3 Å². The molecule has 0 bridgehead atoms. The lowest BCUT2D eigenvalue weighted by molar-refractivity contribution is -0.130. The van der Waals surface area contributed by atoms with E-state index in [4.69, 9.17) is 5.10 Å². The van der Waals surface area contributed by atoms with Crippen LogP contribution in [-0.2, 0) is 23.7 Å². The van der Waals surface area contributed by atoms with Gasteiger partial charge in [-0.15, -0.1) is 0 Å². The lowest BCUT2D eigenvalue weighted by atomic mass is 9.67. The molecule has 2 heterocycles. The Morgan fingerprint density at radius 2 is 1.81 bits per heavy atom. The quantitative estimate of drug-likeness (QED) is 0.776. The zero-order chi connectivity index (χ0) is 19.1. The molecule has 0 radical (unpaired) electrons. The molecule has 2 unspecified atom stereocenters. The summed E-state index contributed by atoms with van der Waals surface area (Å²) in [6.45, 7) is 8.14. The van der Waals surface area contributed by atoms with E-state index >= 15 is 0 Å². The monoisotopic (exact) mass is 351 g/mol. The Balaban J connectivity index is 0.000000948. The largest absolute Gasteiger partial charge is 0.338 e. The van der Waals surface area contributed by atoms with Crippen LogP contribution in [0.1, 0.15) is 45.4 Å². The normalized spacial score (nSPS) is 24.2. The van der Waals surface area contributed by atoms with Gasteiger partial charge in [-0.25, -0.2) is 0 Å². The Kier molecular flexibility index (Phi) is 4.78. The van der Waals surface area contributed by atoms with Crippen molar-refractivity contribution < 1.29 is 4.79 Å². The average molecular weight is 351 g/mol. The maximum absolute atomic E-state index is 12.4. The van der Waals surface area contributed by atoms with Crippen molar-refractivity contribution in [3.63, 3.8) is 0 Å². The number of aromatic nitrogens is 2. The number of hydrogen-bond acceptors (Lipinski definition) is 2. The van der Waals surface area contributed by atoms with Gasteiger partial charge in [0.05, 0.1) is 16.8 Å². The van der Waals surface area contributed by atoms with E-state index in [0.29, 0.717) is 0 Å². The minimum Gasteiger partial charge on any atom is -0.338 e. The van der Waals surface area contributed by atoms with Crippen LogP contribution in [0.4, 0.5) is 0 Å². The fraction of sp³-hybridized carbons (Fsp3) is 0.455. The number of amides is 1. The third-order valence-electron chi connectivity index (χ3n) is 5.70. The van der Waals surface area contributed by atoms with Crippen LogP contribution in [0.15, 0.2) is 42.0 Å². The van der Waals surface area contributed by atoms with E-state index in [1.54, 1.807) is 0 Å². The lowest BCUT2D eigenvalue weighted by Gasteiger charge is -2.46. The molecule has 1 aliphatic carbocycles. The van der Waals surface area contributed by atoms with Crippen LogP contribution < -0.4 is 0 Å². The van der Waals surface area contributed by atoms with E-state index in [1.807, 2.05) is 50.5 Å². The predicted molar refractivity (Wildman–Crippen MR) is 106 cm³/mol. The standard InChI is InChI=1S/C20H23N3O.C2H6/c1-13-12-20(2)16(22(3)19(13)24)11-10-15-17(23(4)21-18(15)20)14-8-6-5-7-9-14;1-2/h5-9,12,16H,10-11H2,1-4H3;1-2H3. The molecule has 1 aromatic heterocycles. The van der Waals surface area contributed by atoms with Crippen LogP contribution in [-0.4, -0.2) is 33.7 Å². The van der Waals surface area contributed by atoms with Crippen molar-refractivity contribution in [2.45, 2.75) is 52.0 Å². The van der Waals surface area contributed by atoms with Gasteiger partial charge >= 0.3 is 0 Å². The highest BCUT2D eigenvalue weighted by Gasteiger charge is 2.48. The molecule has 4 heteroatoms. The van der Waals surface area contributed by atoms with Crippen LogP contribution in [0.5, 0.6) is 0 Å². The van der Waals surface area contributed by atoms with Gasteiger partial charge in [0.1, 0.15) is 0 Å². The Morgan fingerprint density at radius 3 is 2.46 bits per heavy atom. The zero-order valence-corrected chi connectivity index (χ0v) is 16.7. The van der Waals surface area contributed by atoms with Gasteiger partial charge in [-0.3, -0.25) is 9.48 Å². The first kappa shape index (κ1) is 18.4. The minimum atomic E-state index is -0.217. The van der Waals surface area contributed by atoms with Gasteiger partial charge in [0.2, 0.25) is 5.91 Å². The van der Waals surface area contributed by atoms with Crippen molar-refractivity contribution in [3.05, 3.63) is 53.2 Å². The molecule has 26 heavy (non-hydrogen) atoms. The van der Waals surface area contributed by atoms with E-state index < -0.39 is 0 Å². The van der Waals surface area contributed by atoms with Crippen LogP contribution in [0.3, 0.4) is 0 Å². The van der Waals surface area contributed by atoms with Crippen molar-refractivity contribution in [2.75, 3.05) is 7.05 Å². The van der Waals surface area contributed by atoms with Crippen molar-refractivity contribution in [2.24, 2.45) is 7.05 Å². The summed E-state index contributed by atoms with van der Waals surface area (Å²) in [4.78, 5) is 14.3. The van der Waals surface area contributed by atoms with Crippen molar-refractivity contribution >= 4 is 5.91 Å². The number of aryl methyl sites for hydroxylation is 1. The van der Waals surface area contributed by atoms with E-state index in [9.17, 15) is 4.79 Å². The van der Waals surface area contributed by atoms with Gasteiger partial charge in [0.15, 0.2) is 0 Å². The molecule has 4 nitrogen and oxygen atoms in total. The molecule has 2 aromatic rings. The molecule has 1 amide bonds. The molecule has 1 aliphatic heterocycles. The topological polar surface area (TPSA) is 38.1 Å². The number of hydrogen-bond donors (Lipinski definition) is 0. The van der Waals surface area contributed by atoms with E-state index in [-0.39, 0.29) is 17.4 Å². The summed E-state index contributed by atoms with van der Waals surface area (Å²) >= 11 is 0. The van der Waals surface area contributed by atoms with E-state index in [0.717, 1.165) is 24.1 Å². The summed E-state index contributed by atoms with van der Waals surface area (Å²) in [6, 6.07) is 10.6. The Labute approximate surface area is 156 Å². The van der Waals surface area contributed by atoms with Gasteiger partial charge in [-0.05, 0) is 26.7 Å². The summed E-state index contributed by atoms with van der Waals surface area (Å²) < 4.78 is 2.01. The molecule has 0 fully saturated rings. The molecule has 0 spiro atoms. The number of nitrogens with zero attached hydrogens (tertiary/aromatic N) is 3. The van der Waals surface area contributed by atoms with Gasteiger partial charge < -0.3 is 4.90 Å². The summed E-state index contributed by atoms with van der Waals surface area (Å²) in [5.74, 6) is 0.139. The Morgan fingerprint density at radius 1 is 1.15 bits per heavy atom. The summed E-state index contributed by atoms with van der Waals surface area (Å²) in [5, 5.41) is 4.91. The summed E-state index contributed by atoms with van der Waals surface area (Å²) in [5.41, 5.74) is 5.46. The van der Waals surface area contributed by atoms with Crippen LogP contribution >= 0.6 is 0 Å². The molecule has 4 rings (SSSR count). The van der Waals surface area contributed by atoms with Gasteiger partial charge in [0, 0.05) is 36.8 Å². The average Bonchev–Trinajstić information content (AvgIpc) is 2.99. The first-order valence-corrected chi connectivity index (χ1v) is 9.52. The summed E-state index contributed by atoms with van der Waals surface area (Å²) in [7, 11) is 3.95. The lowest BCUT2D eigenvalue weighted by Crippen LogP contribution is -2.55. The second-order valence-electron chi connectivity index (χ2n) is 7.25. The third-order valence-corrected chi connectivity index (χ3v) is 5.70. The fourth-order valence-electron chi connectivity index (χ4n) is 4.62. The molecule has 2 aliphatic rings. The van der Waals surface area contributed by atoms with Gasteiger partial charge in [0.25, 0.3) is 0 Å². The second kappa shape index (κ2) is 6.75. The smallest absolute Gasteiger partial charge is 0.249 e. The molecule has 2 atom stereocenters. The number of fused-ring (bicyclic) bond motifs is 3. The number of rotatable bonds is 1. The molecule has 0 saturated heterocycles. The fourth-order valence-corrected chi connectivity index (χ4v) is 4.62. The second-order valence-corrected chi connectivity index (χ2v) is 7.25. The van der Waals surface area contributed by atoms with Crippen molar-refractivity contribution in [1.29, 1.82) is 0 Å². The molecular weight excluding hydrogens is 322 g/mol. The summed E-state index contributed by atoms with van der Waals surface area (Å²) in [6.07, 6.45) is 4.07. The molecule has 0 N–H and O–H groups in total. The van der Waals surface area contributed by atoms with E-state index in [1.165, 1.54) is 16.8 Å². The minimum absolute atomic E-state index is 0.139. The molecular formula is C22H29N3O. The van der Waals surface area contributed by atoms with E-state index in [2.05, 4.69) is 37.3 Å². The highest BCUT2D eigenvalue weighted by Crippen LogP contribution is 2.46. The number of carbonyl (C=O) groups is 1. The molecule has 138 valence electrons. The van der Waals surface area contributed by atoms with Crippen LogP contribution in [0, 0.1) is 0 Å².